The molecule has 0 spiro atoms. The first-order valence-electron chi connectivity index (χ1n) is 16.5. The number of rotatable bonds is 13. The van der Waals surface area contributed by atoms with Crippen molar-refractivity contribution in [1.29, 1.82) is 0 Å². The van der Waals surface area contributed by atoms with E-state index >= 15 is 0 Å². The van der Waals surface area contributed by atoms with Gasteiger partial charge in [-0.1, -0.05) is 66.7 Å². The highest BCUT2D eigenvalue weighted by Crippen LogP contribution is 2.35. The summed E-state index contributed by atoms with van der Waals surface area (Å²) in [4.78, 5) is 15.9. The first kappa shape index (κ1) is 32.6. The molecule has 4 aromatic carbocycles. The number of carbonyl (C=O) groups excluding carboxylic acids is 1. The van der Waals surface area contributed by atoms with Crippen LogP contribution < -0.4 is 25.0 Å². The number of hydrogen-bond donors (Lipinski definition) is 2. The van der Waals surface area contributed by atoms with Gasteiger partial charge in [-0.2, -0.15) is 0 Å². The lowest BCUT2D eigenvalue weighted by Gasteiger charge is -2.37. The summed E-state index contributed by atoms with van der Waals surface area (Å²) >= 11 is 0. The van der Waals surface area contributed by atoms with Crippen molar-refractivity contribution >= 4 is 11.6 Å². The second-order valence-electron chi connectivity index (χ2n) is 12.2. The third kappa shape index (κ3) is 8.32. The van der Waals surface area contributed by atoms with E-state index in [0.29, 0.717) is 32.7 Å². The summed E-state index contributed by atoms with van der Waals surface area (Å²) in [6, 6.07) is 32.7. The van der Waals surface area contributed by atoms with Gasteiger partial charge >= 0.3 is 0 Å². The van der Waals surface area contributed by atoms with Gasteiger partial charge in [0.15, 0.2) is 0 Å². The average Bonchev–Trinajstić information content (AvgIpc) is 3.13. The number of methoxy groups -OCH3 is 2. The lowest BCUT2D eigenvalue weighted by atomic mass is 9.83. The zero-order valence-electron chi connectivity index (χ0n) is 27.3. The van der Waals surface area contributed by atoms with Gasteiger partial charge in [0, 0.05) is 39.3 Å². The highest BCUT2D eigenvalue weighted by atomic mass is 16.5. The number of hydrogen-bond acceptors (Lipinski definition) is 7. The lowest BCUT2D eigenvalue weighted by Crippen LogP contribution is -2.53. The Morgan fingerprint density at radius 2 is 1.77 bits per heavy atom. The quantitative estimate of drug-likeness (QED) is 0.176. The van der Waals surface area contributed by atoms with Crippen molar-refractivity contribution in [1.82, 2.24) is 10.6 Å². The fraction of sp³-hybridized carbons (Fsp3) is 0.359. The molecule has 1 saturated heterocycles. The van der Waals surface area contributed by atoms with Gasteiger partial charge in [0.1, 0.15) is 18.1 Å². The molecule has 0 radical (unpaired) electrons. The fourth-order valence-electron chi connectivity index (χ4n) is 6.51. The van der Waals surface area contributed by atoms with Crippen LogP contribution in [0.2, 0.25) is 0 Å². The molecule has 0 aliphatic carbocycles. The average molecular weight is 636 g/mol. The Morgan fingerprint density at radius 3 is 2.57 bits per heavy atom. The molecule has 0 unspecified atom stereocenters. The summed E-state index contributed by atoms with van der Waals surface area (Å²) in [6.07, 6.45) is 1.47. The SMILES string of the molecule is COCCCN1CCOc2ccc(CO[C@H]3CN[C@@H](C(=O)NCc4cccc(-c5ccccc5)c4)C[C@@H]3c3ccc(OC)cc3)cc21. The Kier molecular flexibility index (Phi) is 11.1. The molecule has 47 heavy (non-hydrogen) atoms. The summed E-state index contributed by atoms with van der Waals surface area (Å²) in [5.74, 6) is 1.74. The third-order valence-electron chi connectivity index (χ3n) is 9.09. The molecule has 8 heteroatoms. The van der Waals surface area contributed by atoms with E-state index in [1.165, 1.54) is 0 Å². The first-order valence-corrected chi connectivity index (χ1v) is 16.5. The van der Waals surface area contributed by atoms with E-state index in [2.05, 4.69) is 70.1 Å². The predicted molar refractivity (Wildman–Crippen MR) is 185 cm³/mol. The molecule has 4 aromatic rings. The maximum Gasteiger partial charge on any atom is 0.237 e. The number of nitrogens with one attached hydrogen (secondary N) is 2. The van der Waals surface area contributed by atoms with Crippen LogP contribution in [-0.4, -0.2) is 65.1 Å². The van der Waals surface area contributed by atoms with Crippen LogP contribution in [0.5, 0.6) is 11.5 Å². The third-order valence-corrected chi connectivity index (χ3v) is 9.09. The van der Waals surface area contributed by atoms with Crippen molar-refractivity contribution in [3.63, 3.8) is 0 Å². The minimum Gasteiger partial charge on any atom is -0.497 e. The van der Waals surface area contributed by atoms with Gasteiger partial charge in [-0.15, -0.1) is 0 Å². The summed E-state index contributed by atoms with van der Waals surface area (Å²) < 4.78 is 23.2. The summed E-state index contributed by atoms with van der Waals surface area (Å²) in [5, 5.41) is 6.66. The molecular weight excluding hydrogens is 590 g/mol. The molecule has 0 bridgehead atoms. The maximum atomic E-state index is 13.5. The zero-order chi connectivity index (χ0) is 32.4. The van der Waals surface area contributed by atoms with E-state index in [0.717, 1.165) is 71.1 Å². The van der Waals surface area contributed by atoms with Crippen molar-refractivity contribution < 1.29 is 23.7 Å². The van der Waals surface area contributed by atoms with Crippen molar-refractivity contribution in [2.45, 2.75) is 44.1 Å². The van der Waals surface area contributed by atoms with Crippen LogP contribution >= 0.6 is 0 Å². The molecule has 0 saturated carbocycles. The summed E-state index contributed by atoms with van der Waals surface area (Å²) in [5.41, 5.74) is 6.69. The van der Waals surface area contributed by atoms with Crippen molar-refractivity contribution in [3.05, 3.63) is 114 Å². The molecule has 1 fully saturated rings. The molecule has 8 nitrogen and oxygen atoms in total. The van der Waals surface area contributed by atoms with E-state index < -0.39 is 0 Å². The maximum absolute atomic E-state index is 13.5. The van der Waals surface area contributed by atoms with Gasteiger partial charge in [0.2, 0.25) is 5.91 Å². The predicted octanol–water partition coefficient (Wildman–Crippen LogP) is 5.94. The molecule has 2 aliphatic heterocycles. The normalized spacial score (nSPS) is 19.0. The molecule has 2 aliphatic rings. The lowest BCUT2D eigenvalue weighted by molar-refractivity contribution is -0.125. The molecule has 246 valence electrons. The Bertz CT molecular complexity index is 1600. The second-order valence-corrected chi connectivity index (χ2v) is 12.2. The Labute approximate surface area is 278 Å². The van der Waals surface area contributed by atoms with Gasteiger partial charge in [-0.25, -0.2) is 0 Å². The van der Waals surface area contributed by atoms with Gasteiger partial charge < -0.3 is 34.5 Å². The standard InChI is InChI=1S/C39H45N3O5/c1-44-20-7-18-42-19-21-46-37-17-12-29(23-36(37)42)27-47-38-26-40-35(24-34(38)31-13-15-33(45-2)16-14-31)39(43)41-25-28-8-6-11-32(22-28)30-9-4-3-5-10-30/h3-6,8-17,22-23,34-35,38,40H,7,18-21,24-27H2,1-2H3,(H,41,43)/t34-,35-,38+/m1/s1. The van der Waals surface area contributed by atoms with Gasteiger partial charge in [-0.3, -0.25) is 4.79 Å². The highest BCUT2D eigenvalue weighted by Gasteiger charge is 2.35. The molecule has 1 amide bonds. The van der Waals surface area contributed by atoms with Gasteiger partial charge in [-0.05, 0) is 71.0 Å². The zero-order valence-corrected chi connectivity index (χ0v) is 27.3. The second kappa shape index (κ2) is 16.0. The number of fused-ring (bicyclic) bond motifs is 1. The van der Waals surface area contributed by atoms with E-state index in [4.69, 9.17) is 18.9 Å². The van der Waals surface area contributed by atoms with Crippen LogP contribution in [0, 0.1) is 0 Å². The number of amides is 1. The first-order chi connectivity index (χ1) is 23.1. The monoisotopic (exact) mass is 635 g/mol. The van der Waals surface area contributed by atoms with Crippen LogP contribution in [0.4, 0.5) is 5.69 Å². The molecule has 2 N–H and O–H groups in total. The Balaban J connectivity index is 1.11. The smallest absolute Gasteiger partial charge is 0.237 e. The Morgan fingerprint density at radius 1 is 0.936 bits per heavy atom. The van der Waals surface area contributed by atoms with E-state index in [1.807, 2.05) is 42.5 Å². The van der Waals surface area contributed by atoms with Gasteiger partial charge in [0.25, 0.3) is 0 Å². The van der Waals surface area contributed by atoms with Crippen LogP contribution in [0.25, 0.3) is 11.1 Å². The largest absolute Gasteiger partial charge is 0.497 e. The van der Waals surface area contributed by atoms with Crippen molar-refractivity contribution in [3.8, 4) is 22.6 Å². The van der Waals surface area contributed by atoms with Gasteiger partial charge in [0.05, 0.1) is 38.1 Å². The topological polar surface area (TPSA) is 81.3 Å². The van der Waals surface area contributed by atoms with Crippen LogP contribution in [0.15, 0.2) is 97.1 Å². The minimum atomic E-state index is -0.333. The highest BCUT2D eigenvalue weighted by molar-refractivity contribution is 5.82. The van der Waals surface area contributed by atoms with E-state index in [-0.39, 0.29) is 24.0 Å². The number of piperidine rings is 1. The molecule has 6 rings (SSSR count). The fourth-order valence-corrected chi connectivity index (χ4v) is 6.51. The van der Waals surface area contributed by atoms with Crippen LogP contribution in [-0.2, 0) is 27.4 Å². The van der Waals surface area contributed by atoms with E-state index in [1.54, 1.807) is 14.2 Å². The minimum absolute atomic E-state index is 0.00433. The number of anilines is 1. The number of ether oxygens (including phenoxy) is 4. The summed E-state index contributed by atoms with van der Waals surface area (Å²) in [7, 11) is 3.41. The van der Waals surface area contributed by atoms with E-state index in [9.17, 15) is 4.79 Å². The number of benzene rings is 4. The molecule has 0 aromatic heterocycles. The summed E-state index contributed by atoms with van der Waals surface area (Å²) in [6.45, 7) is 4.69. The molecular formula is C39H45N3O5. The molecule has 3 atom stereocenters. The number of nitrogens with zero attached hydrogens (tertiary/aromatic N) is 1. The van der Waals surface area contributed by atoms with Crippen LogP contribution in [0.1, 0.15) is 35.4 Å². The van der Waals surface area contributed by atoms with Crippen molar-refractivity contribution in [2.24, 2.45) is 0 Å². The van der Waals surface area contributed by atoms with Crippen molar-refractivity contribution in [2.75, 3.05) is 52.0 Å². The van der Waals surface area contributed by atoms with Crippen LogP contribution in [0.3, 0.4) is 0 Å². The number of carbonyl (C=O) groups is 1. The Hall–Kier alpha value is -4.37. The molecule has 2 heterocycles.